The highest BCUT2D eigenvalue weighted by Gasteiger charge is 2.32. The zero-order chi connectivity index (χ0) is 14.7. The number of hydrogen-bond acceptors (Lipinski definition) is 2. The molecule has 2 aromatic rings. The normalized spacial score (nSPS) is 20.6. The molecule has 0 spiro atoms. The van der Waals surface area contributed by atoms with Gasteiger partial charge in [-0.15, -0.1) is 0 Å². The molecule has 1 unspecified atom stereocenters. The van der Waals surface area contributed by atoms with Gasteiger partial charge in [0.1, 0.15) is 0 Å². The number of hydrogen-bond donors (Lipinski definition) is 0. The Balaban J connectivity index is 1.58. The van der Waals surface area contributed by atoms with Crippen LogP contribution in [0.1, 0.15) is 25.8 Å². The molecule has 0 bridgehead atoms. The van der Waals surface area contributed by atoms with Crippen molar-refractivity contribution < 1.29 is 9.47 Å². The second kappa shape index (κ2) is 6.00. The molecule has 0 N–H and O–H groups in total. The average molecular weight is 282 g/mol. The maximum atomic E-state index is 5.84. The van der Waals surface area contributed by atoms with Crippen LogP contribution in [0, 0.1) is 0 Å². The van der Waals surface area contributed by atoms with Gasteiger partial charge in [-0.2, -0.15) is 0 Å². The number of aryl methyl sites for hydroxylation is 1. The highest BCUT2D eigenvalue weighted by atomic mass is 16.7. The van der Waals surface area contributed by atoms with Crippen LogP contribution in [0.5, 0.6) is 0 Å². The van der Waals surface area contributed by atoms with Gasteiger partial charge in [0.05, 0.1) is 12.7 Å². The van der Waals surface area contributed by atoms with Crippen LogP contribution in [0.25, 0.3) is 11.1 Å². The minimum absolute atomic E-state index is 0.216. The molecular weight excluding hydrogens is 260 g/mol. The summed E-state index contributed by atoms with van der Waals surface area (Å²) in [5.74, 6) is -0.415. The minimum atomic E-state index is -0.415. The van der Waals surface area contributed by atoms with Crippen LogP contribution in [-0.2, 0) is 15.9 Å². The van der Waals surface area contributed by atoms with Gasteiger partial charge in [0.2, 0.25) is 0 Å². The minimum Gasteiger partial charge on any atom is -0.348 e. The molecule has 1 aliphatic rings. The lowest BCUT2D eigenvalue weighted by Gasteiger charge is -2.17. The summed E-state index contributed by atoms with van der Waals surface area (Å²) in [6.07, 6.45) is 2.25. The molecule has 0 amide bonds. The van der Waals surface area contributed by atoms with Crippen LogP contribution < -0.4 is 0 Å². The molecule has 1 heterocycles. The van der Waals surface area contributed by atoms with E-state index in [0.717, 1.165) is 12.8 Å². The van der Waals surface area contributed by atoms with Crippen molar-refractivity contribution in [1.82, 2.24) is 0 Å². The molecule has 21 heavy (non-hydrogen) atoms. The molecule has 1 fully saturated rings. The first-order valence-electron chi connectivity index (χ1n) is 7.58. The highest BCUT2D eigenvalue weighted by molar-refractivity contribution is 5.63. The summed E-state index contributed by atoms with van der Waals surface area (Å²) in [7, 11) is 0. The Morgan fingerprint density at radius 2 is 1.62 bits per heavy atom. The Hall–Kier alpha value is -1.64. The number of rotatable bonds is 4. The van der Waals surface area contributed by atoms with E-state index in [-0.39, 0.29) is 6.10 Å². The van der Waals surface area contributed by atoms with Crippen molar-refractivity contribution in [3.8, 4) is 11.1 Å². The van der Waals surface area contributed by atoms with Crippen molar-refractivity contribution in [2.24, 2.45) is 0 Å². The molecule has 0 aromatic heterocycles. The predicted molar refractivity (Wildman–Crippen MR) is 85.1 cm³/mol. The fraction of sp³-hybridized carbons (Fsp3) is 0.368. The first kappa shape index (κ1) is 14.3. The summed E-state index contributed by atoms with van der Waals surface area (Å²) in [4.78, 5) is 0. The SMILES string of the molecule is CC1(C)OCC(CCc2ccc(-c3ccccc3)cc2)O1. The van der Waals surface area contributed by atoms with Crippen LogP contribution in [0.15, 0.2) is 54.6 Å². The zero-order valence-corrected chi connectivity index (χ0v) is 12.7. The van der Waals surface area contributed by atoms with Crippen LogP contribution in [0.2, 0.25) is 0 Å². The lowest BCUT2D eigenvalue weighted by atomic mass is 10.0. The number of benzene rings is 2. The van der Waals surface area contributed by atoms with Crippen LogP contribution in [0.4, 0.5) is 0 Å². The summed E-state index contributed by atoms with van der Waals surface area (Å²) in [6, 6.07) is 19.3. The maximum Gasteiger partial charge on any atom is 0.163 e. The molecule has 0 radical (unpaired) electrons. The first-order chi connectivity index (χ1) is 10.1. The van der Waals surface area contributed by atoms with Gasteiger partial charge in [-0.25, -0.2) is 0 Å². The summed E-state index contributed by atoms with van der Waals surface area (Å²) in [6.45, 7) is 4.65. The largest absolute Gasteiger partial charge is 0.348 e. The molecule has 110 valence electrons. The Kier molecular flexibility index (Phi) is 4.09. The van der Waals surface area contributed by atoms with E-state index in [1.165, 1.54) is 16.7 Å². The third-order valence-corrected chi connectivity index (χ3v) is 3.88. The molecule has 1 atom stereocenters. The Morgan fingerprint density at radius 3 is 2.24 bits per heavy atom. The van der Waals surface area contributed by atoms with E-state index in [1.807, 2.05) is 19.9 Å². The van der Waals surface area contributed by atoms with E-state index in [4.69, 9.17) is 9.47 Å². The fourth-order valence-electron chi connectivity index (χ4n) is 2.73. The van der Waals surface area contributed by atoms with Crippen molar-refractivity contribution >= 4 is 0 Å². The average Bonchev–Trinajstić information content (AvgIpc) is 2.86. The van der Waals surface area contributed by atoms with Crippen LogP contribution in [0.3, 0.4) is 0 Å². The molecule has 2 aromatic carbocycles. The predicted octanol–water partition coefficient (Wildman–Crippen LogP) is 4.44. The lowest BCUT2D eigenvalue weighted by molar-refractivity contribution is -0.138. The van der Waals surface area contributed by atoms with Crippen molar-refractivity contribution in [3.63, 3.8) is 0 Å². The third-order valence-electron chi connectivity index (χ3n) is 3.88. The Bertz CT molecular complexity index is 572. The highest BCUT2D eigenvalue weighted by Crippen LogP contribution is 2.25. The standard InChI is InChI=1S/C19H22O2/c1-19(2)20-14-18(21-19)13-10-15-8-11-17(12-9-15)16-6-4-3-5-7-16/h3-9,11-12,18H,10,13-14H2,1-2H3. The van der Waals surface area contributed by atoms with Gasteiger partial charge >= 0.3 is 0 Å². The van der Waals surface area contributed by atoms with Crippen molar-refractivity contribution in [3.05, 3.63) is 60.2 Å². The van der Waals surface area contributed by atoms with Gasteiger partial charge in [-0.1, -0.05) is 54.6 Å². The molecule has 0 saturated carbocycles. The first-order valence-corrected chi connectivity index (χ1v) is 7.58. The summed E-state index contributed by atoms with van der Waals surface area (Å²) in [5, 5.41) is 0. The lowest BCUT2D eigenvalue weighted by Crippen LogP contribution is -2.21. The molecule has 2 heteroatoms. The quantitative estimate of drug-likeness (QED) is 0.825. The number of ether oxygens (including phenoxy) is 2. The molecule has 3 rings (SSSR count). The van der Waals surface area contributed by atoms with E-state index in [1.54, 1.807) is 0 Å². The second-order valence-electron chi connectivity index (χ2n) is 6.05. The van der Waals surface area contributed by atoms with Crippen molar-refractivity contribution in [2.75, 3.05) is 6.61 Å². The van der Waals surface area contributed by atoms with Gasteiger partial charge in [0, 0.05) is 0 Å². The Morgan fingerprint density at radius 1 is 0.952 bits per heavy atom. The molecule has 0 aliphatic carbocycles. The monoisotopic (exact) mass is 282 g/mol. The topological polar surface area (TPSA) is 18.5 Å². The molecule has 2 nitrogen and oxygen atoms in total. The van der Waals surface area contributed by atoms with Gasteiger partial charge in [-0.05, 0) is 43.4 Å². The molecule has 1 aliphatic heterocycles. The third kappa shape index (κ3) is 3.72. The summed E-state index contributed by atoms with van der Waals surface area (Å²) < 4.78 is 11.4. The van der Waals surface area contributed by atoms with Crippen LogP contribution >= 0.6 is 0 Å². The summed E-state index contributed by atoms with van der Waals surface area (Å²) >= 11 is 0. The van der Waals surface area contributed by atoms with Gasteiger partial charge < -0.3 is 9.47 Å². The molecular formula is C19H22O2. The fourth-order valence-corrected chi connectivity index (χ4v) is 2.73. The van der Waals surface area contributed by atoms with Gasteiger partial charge in [-0.3, -0.25) is 0 Å². The Labute approximate surface area is 126 Å². The van der Waals surface area contributed by atoms with E-state index in [2.05, 4.69) is 48.5 Å². The van der Waals surface area contributed by atoms with Crippen molar-refractivity contribution in [1.29, 1.82) is 0 Å². The van der Waals surface area contributed by atoms with E-state index in [0.29, 0.717) is 6.61 Å². The van der Waals surface area contributed by atoms with Gasteiger partial charge in [0.25, 0.3) is 0 Å². The van der Waals surface area contributed by atoms with Crippen LogP contribution in [-0.4, -0.2) is 18.5 Å². The smallest absolute Gasteiger partial charge is 0.163 e. The summed E-state index contributed by atoms with van der Waals surface area (Å²) in [5.41, 5.74) is 3.88. The van der Waals surface area contributed by atoms with E-state index >= 15 is 0 Å². The molecule has 1 saturated heterocycles. The van der Waals surface area contributed by atoms with Crippen molar-refractivity contribution in [2.45, 2.75) is 38.6 Å². The zero-order valence-electron chi connectivity index (χ0n) is 12.7. The van der Waals surface area contributed by atoms with Gasteiger partial charge in [0.15, 0.2) is 5.79 Å². The second-order valence-corrected chi connectivity index (χ2v) is 6.05. The maximum absolute atomic E-state index is 5.84. The van der Waals surface area contributed by atoms with E-state index in [9.17, 15) is 0 Å². The van der Waals surface area contributed by atoms with E-state index < -0.39 is 5.79 Å².